The molecule has 0 aliphatic carbocycles. The SMILES string of the molecule is Cc1cc(C)nc(SCC(=O)NNC(=O)c2cccc([N+](=O)[O-])c2)n1. The van der Waals surface area contributed by atoms with Crippen LogP contribution in [0.25, 0.3) is 0 Å². The van der Waals surface area contributed by atoms with Crippen molar-refractivity contribution in [1.29, 1.82) is 0 Å². The number of aryl methyl sites for hydroxylation is 2. The molecule has 1 aromatic carbocycles. The summed E-state index contributed by atoms with van der Waals surface area (Å²) in [6.07, 6.45) is 0. The van der Waals surface area contributed by atoms with Gasteiger partial charge in [-0.3, -0.25) is 30.6 Å². The molecule has 25 heavy (non-hydrogen) atoms. The van der Waals surface area contributed by atoms with Crippen LogP contribution >= 0.6 is 11.8 Å². The fraction of sp³-hybridized carbons (Fsp3) is 0.200. The molecule has 0 unspecified atom stereocenters. The summed E-state index contributed by atoms with van der Waals surface area (Å²) in [6, 6.07) is 7.02. The van der Waals surface area contributed by atoms with Crippen LogP contribution < -0.4 is 10.9 Å². The highest BCUT2D eigenvalue weighted by Crippen LogP contribution is 2.14. The molecule has 0 bridgehead atoms. The number of nitro benzene ring substituents is 1. The van der Waals surface area contributed by atoms with E-state index in [4.69, 9.17) is 0 Å². The summed E-state index contributed by atoms with van der Waals surface area (Å²) >= 11 is 1.14. The molecule has 2 amide bonds. The van der Waals surface area contributed by atoms with Gasteiger partial charge >= 0.3 is 0 Å². The molecule has 0 saturated carbocycles. The highest BCUT2D eigenvalue weighted by Gasteiger charge is 2.12. The largest absolute Gasteiger partial charge is 0.272 e. The molecule has 130 valence electrons. The van der Waals surface area contributed by atoms with Gasteiger partial charge in [-0.1, -0.05) is 17.8 Å². The highest BCUT2D eigenvalue weighted by atomic mass is 32.2. The molecule has 9 nitrogen and oxygen atoms in total. The van der Waals surface area contributed by atoms with Crippen LogP contribution in [0.4, 0.5) is 5.69 Å². The van der Waals surface area contributed by atoms with Gasteiger partial charge in [0, 0.05) is 29.1 Å². The summed E-state index contributed by atoms with van der Waals surface area (Å²) in [4.78, 5) is 42.2. The van der Waals surface area contributed by atoms with Gasteiger partial charge in [0.2, 0.25) is 5.91 Å². The molecule has 10 heteroatoms. The fourth-order valence-corrected chi connectivity index (χ4v) is 2.63. The van der Waals surface area contributed by atoms with E-state index in [0.717, 1.165) is 29.2 Å². The standard InChI is InChI=1S/C15H15N5O4S/c1-9-6-10(2)17-15(16-9)25-8-13(21)18-19-14(22)11-4-3-5-12(7-11)20(23)24/h3-7H,8H2,1-2H3,(H,18,21)(H,19,22). The third-order valence-corrected chi connectivity index (χ3v) is 3.78. The average molecular weight is 361 g/mol. The molecular formula is C15H15N5O4S. The predicted octanol–water partition coefficient (Wildman–Crippen LogP) is 1.55. The van der Waals surface area contributed by atoms with Gasteiger partial charge in [-0.15, -0.1) is 0 Å². The number of nitrogens with zero attached hydrogens (tertiary/aromatic N) is 3. The zero-order chi connectivity index (χ0) is 18.4. The van der Waals surface area contributed by atoms with Gasteiger partial charge in [-0.25, -0.2) is 9.97 Å². The topological polar surface area (TPSA) is 127 Å². The van der Waals surface area contributed by atoms with Crippen molar-refractivity contribution in [3.8, 4) is 0 Å². The van der Waals surface area contributed by atoms with E-state index in [9.17, 15) is 19.7 Å². The zero-order valence-corrected chi connectivity index (χ0v) is 14.3. The summed E-state index contributed by atoms with van der Waals surface area (Å²) in [5, 5.41) is 11.2. The third-order valence-electron chi connectivity index (χ3n) is 2.93. The lowest BCUT2D eigenvalue weighted by atomic mass is 10.2. The summed E-state index contributed by atoms with van der Waals surface area (Å²) in [5.41, 5.74) is 5.92. The second-order valence-electron chi connectivity index (χ2n) is 5.03. The number of carbonyl (C=O) groups is 2. The van der Waals surface area contributed by atoms with Crippen molar-refractivity contribution in [3.63, 3.8) is 0 Å². The van der Waals surface area contributed by atoms with Gasteiger partial charge in [0.05, 0.1) is 10.7 Å². The Bertz CT molecular complexity index is 807. The van der Waals surface area contributed by atoms with Crippen LogP contribution in [0.3, 0.4) is 0 Å². The molecule has 0 atom stereocenters. The second-order valence-corrected chi connectivity index (χ2v) is 5.97. The second kappa shape index (κ2) is 8.20. The lowest BCUT2D eigenvalue weighted by Gasteiger charge is -2.07. The number of hydrogen-bond acceptors (Lipinski definition) is 7. The number of amides is 2. The third kappa shape index (κ3) is 5.53. The summed E-state index contributed by atoms with van der Waals surface area (Å²) in [6.45, 7) is 3.66. The summed E-state index contributed by atoms with van der Waals surface area (Å²) < 4.78 is 0. The van der Waals surface area contributed by atoms with E-state index in [-0.39, 0.29) is 17.0 Å². The molecule has 0 aliphatic rings. The molecule has 0 saturated heterocycles. The minimum Gasteiger partial charge on any atom is -0.272 e. The molecule has 1 aromatic heterocycles. The summed E-state index contributed by atoms with van der Waals surface area (Å²) in [7, 11) is 0. The smallest absolute Gasteiger partial charge is 0.270 e. The number of thioether (sulfide) groups is 1. The van der Waals surface area contributed by atoms with E-state index in [1.807, 2.05) is 19.9 Å². The number of nitro groups is 1. The number of non-ortho nitro benzene ring substituents is 1. The molecule has 0 aliphatic heterocycles. The van der Waals surface area contributed by atoms with Crippen LogP contribution in [-0.2, 0) is 4.79 Å². The first-order valence-corrected chi connectivity index (χ1v) is 8.12. The van der Waals surface area contributed by atoms with Crippen molar-refractivity contribution in [1.82, 2.24) is 20.8 Å². The first kappa shape index (κ1) is 18.3. The van der Waals surface area contributed by atoms with E-state index >= 15 is 0 Å². The van der Waals surface area contributed by atoms with Crippen molar-refractivity contribution in [2.75, 3.05) is 5.75 Å². The molecule has 0 radical (unpaired) electrons. The average Bonchev–Trinajstić information content (AvgIpc) is 2.57. The molecule has 2 aromatic rings. The van der Waals surface area contributed by atoms with E-state index < -0.39 is 16.7 Å². The number of hydrogen-bond donors (Lipinski definition) is 2. The quantitative estimate of drug-likeness (QED) is 0.358. The molecule has 1 heterocycles. The monoisotopic (exact) mass is 361 g/mol. The molecule has 0 fully saturated rings. The highest BCUT2D eigenvalue weighted by molar-refractivity contribution is 7.99. The molecule has 0 spiro atoms. The van der Waals surface area contributed by atoms with Crippen LogP contribution in [0.15, 0.2) is 35.5 Å². The maximum atomic E-state index is 11.9. The van der Waals surface area contributed by atoms with Crippen LogP contribution in [0.2, 0.25) is 0 Å². The zero-order valence-electron chi connectivity index (χ0n) is 13.5. The van der Waals surface area contributed by atoms with Crippen LogP contribution in [0, 0.1) is 24.0 Å². The maximum absolute atomic E-state index is 11.9. The van der Waals surface area contributed by atoms with E-state index in [1.165, 1.54) is 18.2 Å². The Labute approximate surface area is 147 Å². The van der Waals surface area contributed by atoms with Crippen LogP contribution in [0.1, 0.15) is 21.7 Å². The van der Waals surface area contributed by atoms with Gasteiger partial charge in [-0.05, 0) is 26.0 Å². The first-order chi connectivity index (χ1) is 11.8. The molecule has 2 rings (SSSR count). The lowest BCUT2D eigenvalue weighted by molar-refractivity contribution is -0.384. The maximum Gasteiger partial charge on any atom is 0.270 e. The number of benzene rings is 1. The van der Waals surface area contributed by atoms with Crippen molar-refractivity contribution < 1.29 is 14.5 Å². The Hall–Kier alpha value is -3.01. The number of aromatic nitrogens is 2. The lowest BCUT2D eigenvalue weighted by Crippen LogP contribution is -2.42. The van der Waals surface area contributed by atoms with Crippen molar-refractivity contribution in [2.24, 2.45) is 0 Å². The number of carbonyl (C=O) groups excluding carboxylic acids is 2. The Morgan fingerprint density at radius 2 is 1.84 bits per heavy atom. The van der Waals surface area contributed by atoms with Gasteiger partial charge in [0.25, 0.3) is 11.6 Å². The fourth-order valence-electron chi connectivity index (χ4n) is 1.88. The normalized spacial score (nSPS) is 10.2. The van der Waals surface area contributed by atoms with E-state index in [1.54, 1.807) is 0 Å². The predicted molar refractivity (Wildman–Crippen MR) is 90.9 cm³/mol. The van der Waals surface area contributed by atoms with Crippen LogP contribution in [-0.4, -0.2) is 32.5 Å². The first-order valence-electron chi connectivity index (χ1n) is 7.14. The molecule has 2 N–H and O–H groups in total. The minimum absolute atomic E-state index is 0.0120. The van der Waals surface area contributed by atoms with E-state index in [0.29, 0.717) is 5.16 Å². The van der Waals surface area contributed by atoms with Crippen molar-refractivity contribution in [3.05, 3.63) is 57.4 Å². The van der Waals surface area contributed by atoms with Crippen molar-refractivity contribution in [2.45, 2.75) is 19.0 Å². The summed E-state index contributed by atoms with van der Waals surface area (Å²) in [5.74, 6) is -1.09. The number of rotatable bonds is 5. The Kier molecular flexibility index (Phi) is 6.01. The number of nitrogens with one attached hydrogen (secondary N) is 2. The Morgan fingerprint density at radius 1 is 1.16 bits per heavy atom. The van der Waals surface area contributed by atoms with Crippen molar-refractivity contribution >= 4 is 29.3 Å². The number of hydrazine groups is 1. The van der Waals surface area contributed by atoms with Gasteiger partial charge < -0.3 is 0 Å². The van der Waals surface area contributed by atoms with Gasteiger partial charge in [0.15, 0.2) is 5.16 Å². The Balaban J connectivity index is 1.86. The minimum atomic E-state index is -0.648. The molecular weight excluding hydrogens is 346 g/mol. The van der Waals surface area contributed by atoms with Crippen LogP contribution in [0.5, 0.6) is 0 Å². The Morgan fingerprint density at radius 3 is 2.48 bits per heavy atom. The van der Waals surface area contributed by atoms with E-state index in [2.05, 4.69) is 20.8 Å². The van der Waals surface area contributed by atoms with Gasteiger partial charge in [0.1, 0.15) is 0 Å². The van der Waals surface area contributed by atoms with Gasteiger partial charge in [-0.2, -0.15) is 0 Å².